The van der Waals surface area contributed by atoms with Crippen molar-refractivity contribution < 1.29 is 0 Å². The Morgan fingerprint density at radius 2 is 1.65 bits per heavy atom. The number of likely N-dealkylation sites (tertiary alicyclic amines) is 1. The van der Waals surface area contributed by atoms with Crippen molar-refractivity contribution in [2.24, 2.45) is 9.98 Å². The summed E-state index contributed by atoms with van der Waals surface area (Å²) in [6.07, 6.45) is 9.86. The number of guanidine groups is 1. The SMILES string of the molecule is c1ccc(NC(=NC2=NCCCCCC2)N2CCCCC2)cc1. The molecule has 1 saturated heterocycles. The first kappa shape index (κ1) is 16.0. The van der Waals surface area contributed by atoms with E-state index in [1.54, 1.807) is 0 Å². The fraction of sp³-hybridized carbons (Fsp3) is 0.579. The zero-order valence-corrected chi connectivity index (χ0v) is 14.0. The molecule has 1 aromatic rings. The van der Waals surface area contributed by atoms with E-state index in [1.807, 2.05) is 6.07 Å². The van der Waals surface area contributed by atoms with Crippen molar-refractivity contribution in [1.29, 1.82) is 0 Å². The highest BCUT2D eigenvalue weighted by Gasteiger charge is 2.16. The Labute approximate surface area is 139 Å². The number of hydrogen-bond acceptors (Lipinski definition) is 2. The smallest absolute Gasteiger partial charge is 0.204 e. The third-order valence-corrected chi connectivity index (χ3v) is 4.52. The maximum absolute atomic E-state index is 4.94. The highest BCUT2D eigenvalue weighted by atomic mass is 15.3. The van der Waals surface area contributed by atoms with Crippen LogP contribution < -0.4 is 5.32 Å². The number of hydrogen-bond donors (Lipinski definition) is 1. The molecule has 0 amide bonds. The van der Waals surface area contributed by atoms with Crippen LogP contribution in [0.5, 0.6) is 0 Å². The quantitative estimate of drug-likeness (QED) is 0.620. The van der Waals surface area contributed by atoms with Crippen LogP contribution in [0.1, 0.15) is 51.4 Å². The number of nitrogens with zero attached hydrogens (tertiary/aromatic N) is 3. The van der Waals surface area contributed by atoms with E-state index in [0.29, 0.717) is 0 Å². The summed E-state index contributed by atoms with van der Waals surface area (Å²) in [6, 6.07) is 10.4. The van der Waals surface area contributed by atoms with Gasteiger partial charge in [-0.1, -0.05) is 31.0 Å². The van der Waals surface area contributed by atoms with Gasteiger partial charge in [-0.3, -0.25) is 4.99 Å². The highest BCUT2D eigenvalue weighted by Crippen LogP contribution is 2.15. The van der Waals surface area contributed by atoms with Crippen molar-refractivity contribution in [1.82, 2.24) is 4.90 Å². The molecule has 0 unspecified atom stereocenters. The van der Waals surface area contributed by atoms with Crippen molar-refractivity contribution in [2.45, 2.75) is 51.4 Å². The van der Waals surface area contributed by atoms with Gasteiger partial charge in [0.15, 0.2) is 0 Å². The Bertz CT molecular complexity index is 530. The number of piperidine rings is 1. The standard InChI is InChI=1S/C19H28N4/c1-2-8-14-20-18(13-7-1)22-19(23-15-9-4-10-16-23)21-17-11-5-3-6-12-17/h3,5-6,11-12H,1-2,4,7-10,13-16H2,(H,20,21,22). The second kappa shape index (κ2) is 8.70. The molecule has 4 heteroatoms. The molecule has 0 atom stereocenters. The predicted octanol–water partition coefficient (Wildman–Crippen LogP) is 4.30. The number of rotatable bonds is 1. The number of amidine groups is 1. The Hall–Kier alpha value is -1.84. The molecule has 0 saturated carbocycles. The molecule has 23 heavy (non-hydrogen) atoms. The van der Waals surface area contributed by atoms with Crippen molar-refractivity contribution in [3.63, 3.8) is 0 Å². The number of nitrogens with one attached hydrogen (secondary N) is 1. The minimum absolute atomic E-state index is 0.928. The third kappa shape index (κ3) is 5.08. The van der Waals surface area contributed by atoms with Crippen LogP contribution >= 0.6 is 0 Å². The fourth-order valence-electron chi connectivity index (χ4n) is 3.18. The average Bonchev–Trinajstić information content (AvgIpc) is 2.58. The van der Waals surface area contributed by atoms with Crippen LogP contribution in [0.3, 0.4) is 0 Å². The van der Waals surface area contributed by atoms with E-state index in [-0.39, 0.29) is 0 Å². The fourth-order valence-corrected chi connectivity index (χ4v) is 3.18. The topological polar surface area (TPSA) is 40.0 Å². The minimum Gasteiger partial charge on any atom is -0.342 e. The van der Waals surface area contributed by atoms with Gasteiger partial charge in [-0.15, -0.1) is 0 Å². The van der Waals surface area contributed by atoms with Crippen LogP contribution in [-0.4, -0.2) is 36.3 Å². The van der Waals surface area contributed by atoms with Gasteiger partial charge in [0.1, 0.15) is 5.84 Å². The molecule has 0 spiro atoms. The van der Waals surface area contributed by atoms with Crippen LogP contribution in [0.4, 0.5) is 5.69 Å². The van der Waals surface area contributed by atoms with Crippen LogP contribution in [0.15, 0.2) is 40.3 Å². The van der Waals surface area contributed by atoms with Gasteiger partial charge in [-0.25, -0.2) is 0 Å². The molecule has 124 valence electrons. The van der Waals surface area contributed by atoms with Crippen molar-refractivity contribution >= 4 is 17.5 Å². The summed E-state index contributed by atoms with van der Waals surface area (Å²) >= 11 is 0. The van der Waals surface area contributed by atoms with Gasteiger partial charge in [-0.05, 0) is 44.2 Å². The zero-order valence-electron chi connectivity index (χ0n) is 14.0. The molecule has 0 bridgehead atoms. The van der Waals surface area contributed by atoms with Gasteiger partial charge in [0.25, 0.3) is 0 Å². The van der Waals surface area contributed by atoms with Gasteiger partial charge in [-0.2, -0.15) is 4.99 Å². The Morgan fingerprint density at radius 1 is 0.913 bits per heavy atom. The monoisotopic (exact) mass is 312 g/mol. The second-order valence-corrected chi connectivity index (χ2v) is 6.44. The van der Waals surface area contributed by atoms with E-state index in [9.17, 15) is 0 Å². The van der Waals surface area contributed by atoms with Crippen LogP contribution in [-0.2, 0) is 0 Å². The summed E-state index contributed by atoms with van der Waals surface area (Å²) in [7, 11) is 0. The molecule has 2 aliphatic heterocycles. The lowest BCUT2D eigenvalue weighted by Gasteiger charge is -2.30. The number of benzene rings is 1. The average molecular weight is 312 g/mol. The van der Waals surface area contributed by atoms with E-state index >= 15 is 0 Å². The van der Waals surface area contributed by atoms with E-state index in [2.05, 4.69) is 34.5 Å². The Kier molecular flexibility index (Phi) is 6.07. The maximum Gasteiger partial charge on any atom is 0.204 e. The lowest BCUT2D eigenvalue weighted by atomic mass is 10.1. The summed E-state index contributed by atoms with van der Waals surface area (Å²) in [5.41, 5.74) is 1.10. The van der Waals surface area contributed by atoms with E-state index in [1.165, 1.54) is 44.9 Å². The normalized spacial score (nSPS) is 20.4. The molecule has 0 aromatic heterocycles. The van der Waals surface area contributed by atoms with Crippen LogP contribution in [0, 0.1) is 0 Å². The van der Waals surface area contributed by atoms with Gasteiger partial charge in [0.05, 0.1) is 0 Å². The molecular weight excluding hydrogens is 284 g/mol. The summed E-state index contributed by atoms with van der Waals surface area (Å²) < 4.78 is 0. The van der Waals surface area contributed by atoms with E-state index < -0.39 is 0 Å². The first-order valence-corrected chi connectivity index (χ1v) is 9.11. The molecular formula is C19H28N4. The summed E-state index contributed by atoms with van der Waals surface area (Å²) in [5.74, 6) is 2.00. The number of anilines is 1. The summed E-state index contributed by atoms with van der Waals surface area (Å²) in [4.78, 5) is 12.0. The van der Waals surface area contributed by atoms with Crippen LogP contribution in [0.25, 0.3) is 0 Å². The van der Waals surface area contributed by atoms with Gasteiger partial charge >= 0.3 is 0 Å². The highest BCUT2D eigenvalue weighted by molar-refractivity contribution is 6.02. The molecule has 2 heterocycles. The number of para-hydroxylation sites is 1. The largest absolute Gasteiger partial charge is 0.342 e. The molecule has 3 rings (SSSR count). The molecule has 4 nitrogen and oxygen atoms in total. The Morgan fingerprint density at radius 3 is 2.48 bits per heavy atom. The first-order chi connectivity index (χ1) is 11.4. The second-order valence-electron chi connectivity index (χ2n) is 6.44. The summed E-state index contributed by atoms with van der Waals surface area (Å²) in [5, 5.41) is 3.53. The molecule has 2 aliphatic rings. The van der Waals surface area contributed by atoms with Crippen LogP contribution in [0.2, 0.25) is 0 Å². The van der Waals surface area contributed by atoms with Crippen molar-refractivity contribution in [2.75, 3.05) is 25.0 Å². The van der Waals surface area contributed by atoms with Gasteiger partial charge < -0.3 is 10.2 Å². The first-order valence-electron chi connectivity index (χ1n) is 9.11. The molecule has 0 aliphatic carbocycles. The van der Waals surface area contributed by atoms with Gasteiger partial charge in [0.2, 0.25) is 5.96 Å². The molecule has 1 fully saturated rings. The molecule has 0 radical (unpaired) electrons. The van der Waals surface area contributed by atoms with E-state index in [4.69, 9.17) is 9.98 Å². The molecule has 1 N–H and O–H groups in total. The molecule has 1 aromatic carbocycles. The Balaban J connectivity index is 1.79. The number of aliphatic imine (C=N–C) groups is 2. The minimum atomic E-state index is 0.928. The maximum atomic E-state index is 4.94. The van der Waals surface area contributed by atoms with E-state index in [0.717, 1.165) is 43.5 Å². The summed E-state index contributed by atoms with van der Waals surface area (Å²) in [6.45, 7) is 3.11. The van der Waals surface area contributed by atoms with Gasteiger partial charge in [0, 0.05) is 31.7 Å². The zero-order chi connectivity index (χ0) is 15.7. The van der Waals surface area contributed by atoms with Crippen molar-refractivity contribution in [3.05, 3.63) is 30.3 Å². The lowest BCUT2D eigenvalue weighted by molar-refractivity contribution is 0.342. The lowest BCUT2D eigenvalue weighted by Crippen LogP contribution is -2.40. The predicted molar refractivity (Wildman–Crippen MR) is 98.3 cm³/mol. The van der Waals surface area contributed by atoms with Crippen molar-refractivity contribution in [3.8, 4) is 0 Å². The third-order valence-electron chi connectivity index (χ3n) is 4.52.